The van der Waals surface area contributed by atoms with E-state index in [4.69, 9.17) is 27.5 Å². The first-order valence-corrected chi connectivity index (χ1v) is 6.74. The lowest BCUT2D eigenvalue weighted by molar-refractivity contribution is 0.281. The quantitative estimate of drug-likeness (QED) is 0.611. The average Bonchev–Trinajstić information content (AvgIpc) is 2.95. The van der Waals surface area contributed by atoms with Crippen molar-refractivity contribution in [1.29, 1.82) is 0 Å². The predicted molar refractivity (Wildman–Crippen MR) is 82.0 cm³/mol. The number of H-pyrrole nitrogens is 1. The fourth-order valence-electron chi connectivity index (χ4n) is 2.13. The largest absolute Gasteiger partial charge is 0.397 e. The van der Waals surface area contributed by atoms with Gasteiger partial charge in [0.25, 0.3) is 0 Å². The molecule has 0 amide bonds. The van der Waals surface area contributed by atoms with Crippen molar-refractivity contribution in [3.63, 3.8) is 0 Å². The minimum atomic E-state index is 0.00147. The summed E-state index contributed by atoms with van der Waals surface area (Å²) >= 11 is 6.19. The molecule has 0 atom stereocenters. The number of aromatic nitrogens is 1. The summed E-state index contributed by atoms with van der Waals surface area (Å²) in [6, 6.07) is 5.57. The molecule has 20 heavy (non-hydrogen) atoms. The van der Waals surface area contributed by atoms with Gasteiger partial charge in [-0.15, -0.1) is 0 Å². The Bertz CT molecular complexity index is 552. The summed E-state index contributed by atoms with van der Waals surface area (Å²) < 4.78 is 0. The van der Waals surface area contributed by atoms with Crippen molar-refractivity contribution >= 4 is 23.0 Å². The van der Waals surface area contributed by atoms with Crippen LogP contribution in [0.25, 0.3) is 11.1 Å². The maximum absolute atomic E-state index is 9.12. The van der Waals surface area contributed by atoms with Gasteiger partial charge in [-0.3, -0.25) is 0 Å². The lowest BCUT2D eigenvalue weighted by Crippen LogP contribution is -2.29. The van der Waals surface area contributed by atoms with Crippen LogP contribution in [0.1, 0.15) is 0 Å². The molecule has 0 saturated carbocycles. The second-order valence-electron chi connectivity index (χ2n) is 4.42. The van der Waals surface area contributed by atoms with Gasteiger partial charge in [0, 0.05) is 42.3 Å². The molecule has 5 nitrogen and oxygen atoms in total. The number of nitrogens with zero attached hydrogens (tertiary/aromatic N) is 1. The molecule has 1 heterocycles. The Hall–Kier alpha value is -1.69. The van der Waals surface area contributed by atoms with E-state index in [0.717, 1.165) is 16.8 Å². The van der Waals surface area contributed by atoms with Crippen molar-refractivity contribution in [1.82, 2.24) is 4.98 Å². The molecule has 0 aliphatic rings. The van der Waals surface area contributed by atoms with Gasteiger partial charge in [-0.1, -0.05) is 11.6 Å². The summed E-state index contributed by atoms with van der Waals surface area (Å²) in [5, 5.41) is 18.7. The molecular formula is C14H18ClN3O2. The highest BCUT2D eigenvalue weighted by atomic mass is 35.5. The van der Waals surface area contributed by atoms with Gasteiger partial charge in [0.05, 0.1) is 23.9 Å². The first-order valence-electron chi connectivity index (χ1n) is 6.36. The van der Waals surface area contributed by atoms with E-state index in [9.17, 15) is 0 Å². The van der Waals surface area contributed by atoms with E-state index in [0.29, 0.717) is 23.8 Å². The number of aromatic amines is 1. The molecule has 0 bridgehead atoms. The molecule has 1 aromatic carbocycles. The van der Waals surface area contributed by atoms with E-state index < -0.39 is 0 Å². The molecule has 0 radical (unpaired) electrons. The minimum absolute atomic E-state index is 0.00147. The number of nitrogen functional groups attached to an aromatic ring is 1. The monoisotopic (exact) mass is 295 g/mol. The van der Waals surface area contributed by atoms with E-state index in [-0.39, 0.29) is 13.2 Å². The number of rotatable bonds is 6. The maximum Gasteiger partial charge on any atom is 0.0662 e. The highest BCUT2D eigenvalue weighted by molar-refractivity contribution is 6.34. The zero-order chi connectivity index (χ0) is 14.5. The highest BCUT2D eigenvalue weighted by Crippen LogP contribution is 2.36. The SMILES string of the molecule is Nc1c(Cl)cc(N(CCO)CCO)cc1-c1cc[nH]c1. The summed E-state index contributed by atoms with van der Waals surface area (Å²) in [5.74, 6) is 0. The molecule has 0 unspecified atom stereocenters. The Balaban J connectivity index is 2.44. The molecular weight excluding hydrogens is 278 g/mol. The van der Waals surface area contributed by atoms with E-state index in [1.807, 2.05) is 29.4 Å². The van der Waals surface area contributed by atoms with E-state index in [1.165, 1.54) is 0 Å². The number of anilines is 2. The van der Waals surface area contributed by atoms with Crippen molar-refractivity contribution in [2.45, 2.75) is 0 Å². The first-order chi connectivity index (χ1) is 9.67. The third kappa shape index (κ3) is 3.07. The number of nitrogens with one attached hydrogen (secondary N) is 1. The van der Waals surface area contributed by atoms with E-state index >= 15 is 0 Å². The molecule has 0 fully saturated rings. The summed E-state index contributed by atoms with van der Waals surface area (Å²) in [4.78, 5) is 4.84. The summed E-state index contributed by atoms with van der Waals surface area (Å²) in [6.45, 7) is 0.851. The Labute approximate surface area is 122 Å². The van der Waals surface area contributed by atoms with Crippen LogP contribution in [0.15, 0.2) is 30.6 Å². The third-order valence-electron chi connectivity index (χ3n) is 3.13. The van der Waals surface area contributed by atoms with Crippen LogP contribution in [0.3, 0.4) is 0 Å². The van der Waals surface area contributed by atoms with Gasteiger partial charge in [-0.2, -0.15) is 0 Å². The topological polar surface area (TPSA) is 85.5 Å². The highest BCUT2D eigenvalue weighted by Gasteiger charge is 2.13. The zero-order valence-corrected chi connectivity index (χ0v) is 11.8. The molecule has 2 rings (SSSR count). The lowest BCUT2D eigenvalue weighted by Gasteiger charge is -2.24. The molecule has 108 valence electrons. The predicted octanol–water partition coefficient (Wildman–Crippen LogP) is 1.71. The van der Waals surface area contributed by atoms with Gasteiger partial charge in [-0.05, 0) is 18.2 Å². The fraction of sp³-hybridized carbons (Fsp3) is 0.286. The number of hydrogen-bond donors (Lipinski definition) is 4. The van der Waals surface area contributed by atoms with Gasteiger partial charge in [-0.25, -0.2) is 0 Å². The van der Waals surface area contributed by atoms with Crippen LogP contribution < -0.4 is 10.6 Å². The molecule has 0 spiro atoms. The molecule has 0 saturated heterocycles. The number of aliphatic hydroxyl groups is 2. The van der Waals surface area contributed by atoms with Gasteiger partial charge >= 0.3 is 0 Å². The standard InChI is InChI=1S/C14H18ClN3O2/c15-13-8-11(18(3-5-19)4-6-20)7-12(14(13)16)10-1-2-17-9-10/h1-2,7-9,17,19-20H,3-6,16H2. The molecule has 1 aromatic heterocycles. The molecule has 0 aliphatic carbocycles. The Morgan fingerprint density at radius 1 is 1.20 bits per heavy atom. The Morgan fingerprint density at radius 2 is 1.90 bits per heavy atom. The number of benzene rings is 1. The number of hydrogen-bond acceptors (Lipinski definition) is 4. The van der Waals surface area contributed by atoms with Crippen LogP contribution in [-0.2, 0) is 0 Å². The van der Waals surface area contributed by atoms with Crippen LogP contribution >= 0.6 is 11.6 Å². The average molecular weight is 296 g/mol. The minimum Gasteiger partial charge on any atom is -0.397 e. The summed E-state index contributed by atoms with van der Waals surface area (Å²) in [6.07, 6.45) is 3.66. The first kappa shape index (κ1) is 14.7. The van der Waals surface area contributed by atoms with Crippen LogP contribution in [0.4, 0.5) is 11.4 Å². The van der Waals surface area contributed by atoms with Crippen molar-refractivity contribution < 1.29 is 10.2 Å². The van der Waals surface area contributed by atoms with Gasteiger partial charge in [0.15, 0.2) is 0 Å². The normalized spacial score (nSPS) is 10.8. The summed E-state index contributed by atoms with van der Waals surface area (Å²) in [5.41, 5.74) is 9.14. The van der Waals surface area contributed by atoms with Crippen molar-refractivity contribution in [2.24, 2.45) is 0 Å². The van der Waals surface area contributed by atoms with Crippen LogP contribution in [-0.4, -0.2) is 41.5 Å². The van der Waals surface area contributed by atoms with Gasteiger partial charge < -0.3 is 25.8 Å². The van der Waals surface area contributed by atoms with Crippen molar-refractivity contribution in [3.05, 3.63) is 35.6 Å². The lowest BCUT2D eigenvalue weighted by atomic mass is 10.1. The van der Waals surface area contributed by atoms with E-state index in [1.54, 1.807) is 6.07 Å². The Morgan fingerprint density at radius 3 is 2.45 bits per heavy atom. The molecule has 6 heteroatoms. The number of halogens is 1. The smallest absolute Gasteiger partial charge is 0.0662 e. The number of aliphatic hydroxyl groups excluding tert-OH is 2. The molecule has 5 N–H and O–H groups in total. The molecule has 2 aromatic rings. The van der Waals surface area contributed by atoms with Crippen LogP contribution in [0, 0.1) is 0 Å². The fourth-order valence-corrected chi connectivity index (χ4v) is 2.34. The second kappa shape index (κ2) is 6.65. The Kier molecular flexibility index (Phi) is 4.89. The second-order valence-corrected chi connectivity index (χ2v) is 4.83. The van der Waals surface area contributed by atoms with Crippen LogP contribution in [0.2, 0.25) is 5.02 Å². The number of nitrogens with two attached hydrogens (primary N) is 1. The maximum atomic E-state index is 9.12. The van der Waals surface area contributed by atoms with Crippen molar-refractivity contribution in [2.75, 3.05) is 36.9 Å². The third-order valence-corrected chi connectivity index (χ3v) is 3.44. The van der Waals surface area contributed by atoms with E-state index in [2.05, 4.69) is 4.98 Å². The summed E-state index contributed by atoms with van der Waals surface area (Å²) in [7, 11) is 0. The van der Waals surface area contributed by atoms with Gasteiger partial charge in [0.1, 0.15) is 0 Å². The zero-order valence-electron chi connectivity index (χ0n) is 11.0. The van der Waals surface area contributed by atoms with Crippen LogP contribution in [0.5, 0.6) is 0 Å². The van der Waals surface area contributed by atoms with Crippen molar-refractivity contribution in [3.8, 4) is 11.1 Å². The van der Waals surface area contributed by atoms with Gasteiger partial charge in [0.2, 0.25) is 0 Å². The molecule has 0 aliphatic heterocycles.